The second kappa shape index (κ2) is 6.53. The van der Waals surface area contributed by atoms with Crippen molar-refractivity contribution >= 4 is 28.9 Å². The Balaban J connectivity index is 1.80. The Bertz CT molecular complexity index is 651. The molecule has 1 fully saturated rings. The molecule has 2 aromatic rings. The van der Waals surface area contributed by atoms with Crippen LogP contribution in [0.4, 0.5) is 17.3 Å². The molecule has 1 aromatic carbocycles. The summed E-state index contributed by atoms with van der Waals surface area (Å²) < 4.78 is 0. The highest BCUT2D eigenvalue weighted by Gasteiger charge is 2.18. The second-order valence-corrected chi connectivity index (χ2v) is 6.40. The second-order valence-electron chi connectivity index (χ2n) is 5.96. The minimum absolute atomic E-state index is 0.709. The van der Waals surface area contributed by atoms with E-state index < -0.39 is 0 Å². The van der Waals surface area contributed by atoms with Crippen molar-refractivity contribution < 1.29 is 0 Å². The van der Waals surface area contributed by atoms with E-state index >= 15 is 0 Å². The van der Waals surface area contributed by atoms with Crippen molar-refractivity contribution in [2.45, 2.75) is 26.7 Å². The van der Waals surface area contributed by atoms with Gasteiger partial charge in [0.05, 0.1) is 0 Å². The fourth-order valence-corrected chi connectivity index (χ4v) is 2.92. The molecule has 0 spiro atoms. The Hall–Kier alpha value is -1.81. The van der Waals surface area contributed by atoms with Gasteiger partial charge in [0.25, 0.3) is 0 Å². The van der Waals surface area contributed by atoms with Gasteiger partial charge >= 0.3 is 0 Å². The molecule has 1 N–H and O–H groups in total. The lowest BCUT2D eigenvalue weighted by Gasteiger charge is -2.31. The predicted molar refractivity (Wildman–Crippen MR) is 92.1 cm³/mol. The maximum atomic E-state index is 6.03. The third-order valence-corrected chi connectivity index (χ3v) is 4.26. The number of aromatic nitrogens is 2. The van der Waals surface area contributed by atoms with E-state index in [0.717, 1.165) is 42.2 Å². The first-order chi connectivity index (χ1) is 10.6. The molecule has 5 heteroatoms. The number of hydrogen-bond donors (Lipinski definition) is 1. The van der Waals surface area contributed by atoms with Crippen LogP contribution in [0, 0.1) is 12.8 Å². The van der Waals surface area contributed by atoms with Gasteiger partial charge in [-0.2, -0.15) is 0 Å². The highest BCUT2D eigenvalue weighted by Crippen LogP contribution is 2.25. The Morgan fingerprint density at radius 3 is 2.68 bits per heavy atom. The molecule has 3 rings (SSSR count). The SMILES string of the molecule is Cc1nc(Nc2cccc(Cl)c2)cc(N2CCC(C)CC2)n1. The molecule has 4 nitrogen and oxygen atoms in total. The Morgan fingerprint density at radius 2 is 1.95 bits per heavy atom. The smallest absolute Gasteiger partial charge is 0.136 e. The van der Waals surface area contributed by atoms with Crippen molar-refractivity contribution in [3.63, 3.8) is 0 Å². The monoisotopic (exact) mass is 316 g/mol. The van der Waals surface area contributed by atoms with E-state index in [1.54, 1.807) is 0 Å². The lowest BCUT2D eigenvalue weighted by atomic mass is 9.99. The lowest BCUT2D eigenvalue weighted by Crippen LogP contribution is -2.33. The molecule has 0 saturated carbocycles. The number of hydrogen-bond acceptors (Lipinski definition) is 4. The summed E-state index contributed by atoms with van der Waals surface area (Å²) in [7, 11) is 0. The molecule has 0 radical (unpaired) electrons. The molecule has 1 aliphatic heterocycles. The van der Waals surface area contributed by atoms with E-state index in [9.17, 15) is 0 Å². The fourth-order valence-electron chi connectivity index (χ4n) is 2.73. The molecular weight excluding hydrogens is 296 g/mol. The zero-order valence-corrected chi connectivity index (χ0v) is 13.8. The van der Waals surface area contributed by atoms with Crippen LogP contribution in [0.5, 0.6) is 0 Å². The van der Waals surface area contributed by atoms with Gasteiger partial charge in [-0.05, 0) is 43.9 Å². The highest BCUT2D eigenvalue weighted by atomic mass is 35.5. The van der Waals surface area contributed by atoms with Crippen molar-refractivity contribution in [2.75, 3.05) is 23.3 Å². The van der Waals surface area contributed by atoms with E-state index in [1.165, 1.54) is 12.8 Å². The number of rotatable bonds is 3. The summed E-state index contributed by atoms with van der Waals surface area (Å²) in [6, 6.07) is 9.67. The molecule has 0 aliphatic carbocycles. The van der Waals surface area contributed by atoms with Crippen LogP contribution < -0.4 is 10.2 Å². The van der Waals surface area contributed by atoms with Crippen LogP contribution in [-0.2, 0) is 0 Å². The van der Waals surface area contributed by atoms with Gasteiger partial charge < -0.3 is 10.2 Å². The summed E-state index contributed by atoms with van der Waals surface area (Å²) in [5.74, 6) is 3.40. The summed E-state index contributed by atoms with van der Waals surface area (Å²) in [5.41, 5.74) is 0.934. The first-order valence-electron chi connectivity index (χ1n) is 7.73. The third-order valence-electron chi connectivity index (χ3n) is 4.03. The number of benzene rings is 1. The number of nitrogens with zero attached hydrogens (tertiary/aromatic N) is 3. The molecule has 0 amide bonds. The average molecular weight is 317 g/mol. The van der Waals surface area contributed by atoms with Crippen molar-refractivity contribution in [1.82, 2.24) is 9.97 Å². The summed E-state index contributed by atoms with van der Waals surface area (Å²) >= 11 is 6.03. The molecule has 0 atom stereocenters. The van der Waals surface area contributed by atoms with Crippen molar-refractivity contribution in [1.29, 1.82) is 0 Å². The zero-order chi connectivity index (χ0) is 15.5. The van der Waals surface area contributed by atoms with Gasteiger partial charge in [0.15, 0.2) is 0 Å². The van der Waals surface area contributed by atoms with Gasteiger partial charge in [-0.15, -0.1) is 0 Å². The van der Waals surface area contributed by atoms with Gasteiger partial charge in [0.2, 0.25) is 0 Å². The number of halogens is 1. The molecule has 1 aliphatic rings. The highest BCUT2D eigenvalue weighted by molar-refractivity contribution is 6.30. The maximum Gasteiger partial charge on any atom is 0.136 e. The van der Waals surface area contributed by atoms with E-state index in [1.807, 2.05) is 37.3 Å². The Labute approximate surface area is 136 Å². The molecule has 0 bridgehead atoms. The van der Waals surface area contributed by atoms with Crippen LogP contribution in [0.2, 0.25) is 5.02 Å². The number of aryl methyl sites for hydroxylation is 1. The minimum Gasteiger partial charge on any atom is -0.356 e. The zero-order valence-electron chi connectivity index (χ0n) is 13.0. The van der Waals surface area contributed by atoms with Crippen LogP contribution in [-0.4, -0.2) is 23.1 Å². The van der Waals surface area contributed by atoms with E-state index in [4.69, 9.17) is 11.6 Å². The lowest BCUT2D eigenvalue weighted by molar-refractivity contribution is 0.436. The molecule has 1 aromatic heterocycles. The molecule has 2 heterocycles. The third kappa shape index (κ3) is 3.69. The van der Waals surface area contributed by atoms with Gasteiger partial charge in [-0.3, -0.25) is 0 Å². The molecule has 1 saturated heterocycles. The van der Waals surface area contributed by atoms with Crippen LogP contribution in [0.3, 0.4) is 0 Å². The van der Waals surface area contributed by atoms with Crippen molar-refractivity contribution in [2.24, 2.45) is 5.92 Å². The number of piperidine rings is 1. The summed E-state index contributed by atoms with van der Waals surface area (Å²) in [5, 5.41) is 4.02. The standard InChI is InChI=1S/C17H21ClN4/c1-12-6-8-22(9-7-12)17-11-16(19-13(2)20-17)21-15-5-3-4-14(18)10-15/h3-5,10-12H,6-9H2,1-2H3,(H,19,20,21). The van der Waals surface area contributed by atoms with Crippen LogP contribution >= 0.6 is 11.6 Å². The van der Waals surface area contributed by atoms with Crippen molar-refractivity contribution in [3.05, 3.63) is 41.2 Å². The number of anilines is 3. The maximum absolute atomic E-state index is 6.03. The topological polar surface area (TPSA) is 41.1 Å². The summed E-state index contributed by atoms with van der Waals surface area (Å²) in [6.45, 7) is 6.37. The molecular formula is C17H21ClN4. The van der Waals surface area contributed by atoms with E-state index in [2.05, 4.69) is 27.1 Å². The Kier molecular flexibility index (Phi) is 4.48. The van der Waals surface area contributed by atoms with Gasteiger partial charge in [-0.25, -0.2) is 9.97 Å². The van der Waals surface area contributed by atoms with E-state index in [-0.39, 0.29) is 0 Å². The average Bonchev–Trinajstić information content (AvgIpc) is 2.47. The first-order valence-corrected chi connectivity index (χ1v) is 8.11. The quantitative estimate of drug-likeness (QED) is 0.910. The first kappa shape index (κ1) is 15.1. The Morgan fingerprint density at radius 1 is 1.18 bits per heavy atom. The van der Waals surface area contributed by atoms with Gasteiger partial charge in [0, 0.05) is 29.9 Å². The van der Waals surface area contributed by atoms with Crippen LogP contribution in [0.15, 0.2) is 30.3 Å². The molecule has 0 unspecified atom stereocenters. The van der Waals surface area contributed by atoms with Crippen molar-refractivity contribution in [3.8, 4) is 0 Å². The normalized spacial score (nSPS) is 15.9. The predicted octanol–water partition coefficient (Wildman–Crippen LogP) is 4.42. The summed E-state index contributed by atoms with van der Waals surface area (Å²) in [4.78, 5) is 11.4. The van der Waals surface area contributed by atoms with Crippen LogP contribution in [0.1, 0.15) is 25.6 Å². The fraction of sp³-hybridized carbons (Fsp3) is 0.412. The molecule has 22 heavy (non-hydrogen) atoms. The van der Waals surface area contributed by atoms with Gasteiger partial charge in [0.1, 0.15) is 17.5 Å². The largest absolute Gasteiger partial charge is 0.356 e. The van der Waals surface area contributed by atoms with Gasteiger partial charge in [-0.1, -0.05) is 24.6 Å². The summed E-state index contributed by atoms with van der Waals surface area (Å²) in [6.07, 6.45) is 2.44. The van der Waals surface area contributed by atoms with Crippen LogP contribution in [0.25, 0.3) is 0 Å². The molecule has 116 valence electrons. The van der Waals surface area contributed by atoms with E-state index in [0.29, 0.717) is 5.02 Å². The minimum atomic E-state index is 0.709. The number of nitrogens with one attached hydrogen (secondary N) is 1.